The summed E-state index contributed by atoms with van der Waals surface area (Å²) >= 11 is 0. The van der Waals surface area contributed by atoms with Gasteiger partial charge in [-0.05, 0) is 70.6 Å². The smallest absolute Gasteiger partial charge is 0.399 e. The minimum atomic E-state index is -4.11. The van der Waals surface area contributed by atoms with Gasteiger partial charge in [0.25, 0.3) is 0 Å². The molecule has 0 N–H and O–H groups in total. The van der Waals surface area contributed by atoms with E-state index < -0.39 is 12.7 Å². The van der Waals surface area contributed by atoms with Crippen molar-refractivity contribution >= 4 is 12.6 Å². The van der Waals surface area contributed by atoms with Crippen LogP contribution in [0.15, 0.2) is 24.3 Å². The summed E-state index contributed by atoms with van der Waals surface area (Å²) in [6.07, 6.45) is -2.60. The fraction of sp³-hybridized carbons (Fsp3) is 0.684. The third-order valence-electron chi connectivity index (χ3n) is 5.92. The Morgan fingerprint density at radius 1 is 1.00 bits per heavy atom. The lowest BCUT2D eigenvalue weighted by atomic mass is 9.77. The summed E-state index contributed by atoms with van der Waals surface area (Å²) in [6, 6.07) is 8.15. The molecule has 3 rings (SSSR count). The van der Waals surface area contributed by atoms with Gasteiger partial charge in [-0.1, -0.05) is 24.3 Å². The van der Waals surface area contributed by atoms with Gasteiger partial charge in [0.15, 0.2) is 0 Å². The van der Waals surface area contributed by atoms with Crippen LogP contribution in [0.1, 0.15) is 52.0 Å². The molecule has 1 aromatic carbocycles. The van der Waals surface area contributed by atoms with E-state index in [1.54, 1.807) is 0 Å². The number of rotatable bonds is 3. The Labute approximate surface area is 154 Å². The van der Waals surface area contributed by atoms with Gasteiger partial charge in [0.1, 0.15) is 0 Å². The van der Waals surface area contributed by atoms with E-state index >= 15 is 0 Å². The fourth-order valence-electron chi connectivity index (χ4n) is 3.58. The second kappa shape index (κ2) is 6.84. The van der Waals surface area contributed by atoms with Gasteiger partial charge in [-0.15, -0.1) is 0 Å². The van der Waals surface area contributed by atoms with E-state index in [-0.39, 0.29) is 18.3 Å². The zero-order valence-electron chi connectivity index (χ0n) is 15.9. The zero-order chi connectivity index (χ0) is 19.2. The van der Waals surface area contributed by atoms with E-state index in [4.69, 9.17) is 9.31 Å². The molecule has 144 valence electrons. The van der Waals surface area contributed by atoms with E-state index in [2.05, 4.69) is 12.1 Å². The number of piperidine rings is 1. The predicted molar refractivity (Wildman–Crippen MR) is 96.6 cm³/mol. The Morgan fingerprint density at radius 2 is 1.50 bits per heavy atom. The van der Waals surface area contributed by atoms with Crippen LogP contribution in [0.5, 0.6) is 0 Å². The van der Waals surface area contributed by atoms with Gasteiger partial charge in [0.2, 0.25) is 0 Å². The highest BCUT2D eigenvalue weighted by atomic mass is 19.4. The Morgan fingerprint density at radius 3 is 1.96 bits per heavy atom. The van der Waals surface area contributed by atoms with Crippen LogP contribution in [-0.2, 0) is 9.31 Å². The summed E-state index contributed by atoms with van der Waals surface area (Å²) in [5, 5.41) is 0. The van der Waals surface area contributed by atoms with E-state index in [9.17, 15) is 13.2 Å². The predicted octanol–water partition coefficient (Wildman–Crippen LogP) is 3.73. The van der Waals surface area contributed by atoms with Crippen LogP contribution in [-0.4, -0.2) is 49.0 Å². The monoisotopic (exact) mass is 369 g/mol. The third-order valence-corrected chi connectivity index (χ3v) is 5.92. The minimum absolute atomic E-state index is 0.312. The molecular weight excluding hydrogens is 342 g/mol. The zero-order valence-corrected chi connectivity index (χ0v) is 15.9. The Hall–Kier alpha value is -1.05. The number of likely N-dealkylation sites (tertiary alicyclic amines) is 1. The first-order valence-corrected chi connectivity index (χ1v) is 9.21. The summed E-state index contributed by atoms with van der Waals surface area (Å²) in [4.78, 5) is 1.50. The molecule has 7 heteroatoms. The molecular formula is C19H27BF3NO2. The van der Waals surface area contributed by atoms with Crippen molar-refractivity contribution in [2.45, 2.75) is 63.8 Å². The number of benzene rings is 1. The second-order valence-electron chi connectivity index (χ2n) is 8.42. The third kappa shape index (κ3) is 4.26. The summed E-state index contributed by atoms with van der Waals surface area (Å²) in [5.74, 6) is 0.312. The van der Waals surface area contributed by atoms with Crippen molar-refractivity contribution < 1.29 is 22.5 Å². The van der Waals surface area contributed by atoms with Crippen molar-refractivity contribution in [1.29, 1.82) is 0 Å². The maximum atomic E-state index is 12.5. The maximum Gasteiger partial charge on any atom is 0.494 e. The first-order chi connectivity index (χ1) is 12.0. The lowest BCUT2D eigenvalue weighted by Gasteiger charge is -2.32. The fourth-order valence-corrected chi connectivity index (χ4v) is 3.58. The average molecular weight is 369 g/mol. The highest BCUT2D eigenvalue weighted by molar-refractivity contribution is 6.62. The van der Waals surface area contributed by atoms with E-state index in [0.717, 1.165) is 18.3 Å². The molecule has 2 heterocycles. The molecule has 2 fully saturated rings. The standard InChI is InChI=1S/C19H27BF3NO2/c1-17(2)18(3,4)26-20(25-17)16-7-5-14(6-8-16)15-9-11-24(12-10-15)13-19(21,22)23/h5-8,15H,9-13H2,1-4H3. The molecule has 2 aliphatic heterocycles. The van der Waals surface area contributed by atoms with E-state index in [1.165, 1.54) is 10.5 Å². The van der Waals surface area contributed by atoms with Gasteiger partial charge in [-0.25, -0.2) is 0 Å². The molecule has 0 aromatic heterocycles. The molecule has 0 saturated carbocycles. The normalized spacial score (nSPS) is 24.2. The molecule has 0 radical (unpaired) electrons. The lowest BCUT2D eigenvalue weighted by molar-refractivity contribution is -0.147. The number of nitrogens with zero attached hydrogens (tertiary/aromatic N) is 1. The average Bonchev–Trinajstić information content (AvgIpc) is 2.75. The summed E-state index contributed by atoms with van der Waals surface area (Å²) in [7, 11) is -0.386. The van der Waals surface area contributed by atoms with Crippen LogP contribution < -0.4 is 5.46 Å². The molecule has 0 amide bonds. The first kappa shape index (κ1) is 19.7. The number of hydrogen-bond donors (Lipinski definition) is 0. The lowest BCUT2D eigenvalue weighted by Crippen LogP contribution is -2.41. The van der Waals surface area contributed by atoms with Crippen LogP contribution in [0, 0.1) is 0 Å². The Bertz CT molecular complexity index is 607. The molecule has 1 aromatic rings. The van der Waals surface area contributed by atoms with Crippen LogP contribution in [0.25, 0.3) is 0 Å². The van der Waals surface area contributed by atoms with Gasteiger partial charge >= 0.3 is 13.3 Å². The van der Waals surface area contributed by atoms with Crippen LogP contribution in [0.3, 0.4) is 0 Å². The molecule has 3 nitrogen and oxygen atoms in total. The van der Waals surface area contributed by atoms with Crippen molar-refractivity contribution in [2.75, 3.05) is 19.6 Å². The highest BCUT2D eigenvalue weighted by Gasteiger charge is 2.51. The van der Waals surface area contributed by atoms with Crippen molar-refractivity contribution in [3.63, 3.8) is 0 Å². The molecule has 2 aliphatic rings. The summed E-state index contributed by atoms with van der Waals surface area (Å²) in [5.41, 5.74) is 1.40. The van der Waals surface area contributed by atoms with Gasteiger partial charge in [0.05, 0.1) is 17.7 Å². The SMILES string of the molecule is CC1(C)OB(c2ccc(C3CCN(CC(F)(F)F)CC3)cc2)OC1(C)C. The molecule has 0 bridgehead atoms. The quantitative estimate of drug-likeness (QED) is 0.758. The molecule has 0 unspecified atom stereocenters. The number of halogens is 3. The largest absolute Gasteiger partial charge is 0.494 e. The van der Waals surface area contributed by atoms with E-state index in [1.807, 2.05) is 39.8 Å². The Kier molecular flexibility index (Phi) is 5.19. The molecule has 2 saturated heterocycles. The van der Waals surface area contributed by atoms with Gasteiger partial charge in [-0.2, -0.15) is 13.2 Å². The second-order valence-corrected chi connectivity index (χ2v) is 8.42. The maximum absolute atomic E-state index is 12.5. The van der Waals surface area contributed by atoms with Gasteiger partial charge < -0.3 is 9.31 Å². The number of hydrogen-bond acceptors (Lipinski definition) is 3. The van der Waals surface area contributed by atoms with Crippen LogP contribution >= 0.6 is 0 Å². The Balaban J connectivity index is 1.59. The van der Waals surface area contributed by atoms with Crippen molar-refractivity contribution in [2.24, 2.45) is 0 Å². The van der Waals surface area contributed by atoms with Gasteiger partial charge in [-0.3, -0.25) is 4.90 Å². The summed E-state index contributed by atoms with van der Waals surface area (Å²) in [6.45, 7) is 8.27. The van der Waals surface area contributed by atoms with Crippen LogP contribution in [0.2, 0.25) is 0 Å². The summed E-state index contributed by atoms with van der Waals surface area (Å²) < 4.78 is 49.6. The van der Waals surface area contributed by atoms with Crippen LogP contribution in [0.4, 0.5) is 13.2 Å². The molecule has 0 aliphatic carbocycles. The van der Waals surface area contributed by atoms with Gasteiger partial charge in [0, 0.05) is 0 Å². The number of alkyl halides is 3. The van der Waals surface area contributed by atoms with Crippen molar-refractivity contribution in [3.05, 3.63) is 29.8 Å². The first-order valence-electron chi connectivity index (χ1n) is 9.21. The molecule has 26 heavy (non-hydrogen) atoms. The minimum Gasteiger partial charge on any atom is -0.399 e. The molecule has 0 spiro atoms. The van der Waals surface area contributed by atoms with Crippen molar-refractivity contribution in [1.82, 2.24) is 4.90 Å². The van der Waals surface area contributed by atoms with E-state index in [0.29, 0.717) is 19.0 Å². The highest BCUT2D eigenvalue weighted by Crippen LogP contribution is 2.36. The van der Waals surface area contributed by atoms with Crippen molar-refractivity contribution in [3.8, 4) is 0 Å². The topological polar surface area (TPSA) is 21.7 Å². The molecule has 0 atom stereocenters.